The van der Waals surface area contributed by atoms with Gasteiger partial charge in [0, 0.05) is 6.42 Å². The van der Waals surface area contributed by atoms with Gasteiger partial charge in [0.05, 0.1) is 0 Å². The molecule has 0 radical (unpaired) electrons. The van der Waals surface area contributed by atoms with Gasteiger partial charge in [-0.05, 0) is 43.2 Å². The Labute approximate surface area is 121 Å². The first kappa shape index (κ1) is 17.0. The Morgan fingerprint density at radius 3 is 2.50 bits per heavy atom. The highest BCUT2D eigenvalue weighted by atomic mass is 16.4. The topological polar surface area (TPSA) is 78.4 Å². The number of rotatable bonds is 5. The number of carbonyl (C=O) groups is 2. The van der Waals surface area contributed by atoms with Crippen molar-refractivity contribution in [2.45, 2.75) is 53.0 Å². The third-order valence-corrected chi connectivity index (χ3v) is 4.07. The van der Waals surface area contributed by atoms with Crippen LogP contribution >= 0.6 is 0 Å². The second-order valence-corrected chi connectivity index (χ2v) is 6.99. The lowest BCUT2D eigenvalue weighted by molar-refractivity contribution is -0.145. The number of nitrogens with one attached hydrogen (secondary N) is 2. The van der Waals surface area contributed by atoms with E-state index in [9.17, 15) is 14.7 Å². The highest BCUT2D eigenvalue weighted by Crippen LogP contribution is 2.23. The molecule has 2 unspecified atom stereocenters. The van der Waals surface area contributed by atoms with Crippen LogP contribution in [-0.4, -0.2) is 36.1 Å². The summed E-state index contributed by atoms with van der Waals surface area (Å²) in [5.41, 5.74) is -0.489. The van der Waals surface area contributed by atoms with Crippen molar-refractivity contribution < 1.29 is 14.7 Å². The fraction of sp³-hybridized carbons (Fsp3) is 0.867. The molecule has 5 nitrogen and oxygen atoms in total. The van der Waals surface area contributed by atoms with Crippen molar-refractivity contribution in [1.82, 2.24) is 10.6 Å². The van der Waals surface area contributed by atoms with E-state index in [1.807, 2.05) is 20.8 Å². The maximum absolute atomic E-state index is 12.1. The van der Waals surface area contributed by atoms with E-state index in [4.69, 9.17) is 0 Å². The highest BCUT2D eigenvalue weighted by Gasteiger charge is 2.33. The molecule has 0 saturated carbocycles. The van der Waals surface area contributed by atoms with Crippen LogP contribution in [0.4, 0.5) is 0 Å². The van der Waals surface area contributed by atoms with Crippen LogP contribution in [0.15, 0.2) is 0 Å². The summed E-state index contributed by atoms with van der Waals surface area (Å²) < 4.78 is 0. The molecule has 20 heavy (non-hydrogen) atoms. The molecule has 1 fully saturated rings. The zero-order chi connectivity index (χ0) is 15.3. The summed E-state index contributed by atoms with van der Waals surface area (Å²) >= 11 is 0. The molecular weight excluding hydrogens is 256 g/mol. The standard InChI is InChI=1S/C15H28N2O3/c1-10(11-6-5-7-16-9-11)8-12(18)17-13(14(19)20)15(2,3)4/h10-11,13,16H,5-9H2,1-4H3,(H,17,18)(H,19,20)/t10?,11?,13-/m0/s1. The van der Waals surface area contributed by atoms with Gasteiger partial charge in [-0.1, -0.05) is 27.7 Å². The third-order valence-electron chi connectivity index (χ3n) is 4.07. The number of carboxylic acids is 1. The summed E-state index contributed by atoms with van der Waals surface area (Å²) in [6.45, 7) is 9.54. The van der Waals surface area contributed by atoms with Crippen molar-refractivity contribution in [2.75, 3.05) is 13.1 Å². The number of hydrogen-bond donors (Lipinski definition) is 3. The average molecular weight is 284 g/mol. The molecule has 3 atom stereocenters. The predicted molar refractivity (Wildman–Crippen MR) is 78.4 cm³/mol. The van der Waals surface area contributed by atoms with Crippen LogP contribution in [0.5, 0.6) is 0 Å². The van der Waals surface area contributed by atoms with Gasteiger partial charge >= 0.3 is 5.97 Å². The molecule has 1 heterocycles. The van der Waals surface area contributed by atoms with Gasteiger partial charge in [0.1, 0.15) is 6.04 Å². The van der Waals surface area contributed by atoms with Gasteiger partial charge in [-0.25, -0.2) is 4.79 Å². The van der Waals surface area contributed by atoms with Crippen molar-refractivity contribution in [3.8, 4) is 0 Å². The van der Waals surface area contributed by atoms with E-state index in [2.05, 4.69) is 17.6 Å². The average Bonchev–Trinajstić information content (AvgIpc) is 2.35. The summed E-state index contributed by atoms with van der Waals surface area (Å²) in [5.74, 6) is -0.354. The lowest BCUT2D eigenvalue weighted by Crippen LogP contribution is -2.49. The Morgan fingerprint density at radius 1 is 1.40 bits per heavy atom. The normalized spacial score (nSPS) is 22.9. The molecule has 0 aromatic heterocycles. The van der Waals surface area contributed by atoms with Crippen LogP contribution in [0, 0.1) is 17.3 Å². The van der Waals surface area contributed by atoms with Crippen molar-refractivity contribution in [1.29, 1.82) is 0 Å². The van der Waals surface area contributed by atoms with Crippen LogP contribution in [0.2, 0.25) is 0 Å². The number of piperidine rings is 1. The molecule has 1 rings (SSSR count). The minimum atomic E-state index is -0.974. The SMILES string of the molecule is CC(CC(=O)N[C@@H](C(=O)O)C(C)(C)C)C1CCCNC1. The summed E-state index contributed by atoms with van der Waals surface area (Å²) in [6, 6.07) is -0.841. The first-order valence-corrected chi connectivity index (χ1v) is 7.44. The monoisotopic (exact) mass is 284 g/mol. The number of carbonyl (C=O) groups excluding carboxylic acids is 1. The molecule has 5 heteroatoms. The minimum absolute atomic E-state index is 0.162. The molecule has 1 saturated heterocycles. The van der Waals surface area contributed by atoms with Crippen LogP contribution in [0.3, 0.4) is 0 Å². The Kier molecular flexibility index (Phi) is 5.99. The van der Waals surface area contributed by atoms with Gasteiger partial charge in [-0.3, -0.25) is 4.79 Å². The Hall–Kier alpha value is -1.10. The summed E-state index contributed by atoms with van der Waals surface area (Å²) in [6.07, 6.45) is 2.69. The van der Waals surface area contributed by atoms with E-state index in [1.165, 1.54) is 0 Å². The van der Waals surface area contributed by atoms with Gasteiger partial charge in [0.25, 0.3) is 0 Å². The molecule has 0 aromatic carbocycles. The highest BCUT2D eigenvalue weighted by molar-refractivity contribution is 5.84. The Morgan fingerprint density at radius 2 is 2.05 bits per heavy atom. The van der Waals surface area contributed by atoms with Crippen molar-refractivity contribution in [2.24, 2.45) is 17.3 Å². The van der Waals surface area contributed by atoms with Gasteiger partial charge < -0.3 is 15.7 Å². The Bertz CT molecular complexity index is 344. The van der Waals surface area contributed by atoms with E-state index >= 15 is 0 Å². The second-order valence-electron chi connectivity index (χ2n) is 6.99. The van der Waals surface area contributed by atoms with Crippen molar-refractivity contribution in [3.63, 3.8) is 0 Å². The number of aliphatic carboxylic acids is 1. The van der Waals surface area contributed by atoms with Crippen LogP contribution < -0.4 is 10.6 Å². The third kappa shape index (κ3) is 5.12. The second kappa shape index (κ2) is 7.07. The molecule has 1 aliphatic rings. The lowest BCUT2D eigenvalue weighted by Gasteiger charge is -2.30. The van der Waals surface area contributed by atoms with Crippen LogP contribution in [0.1, 0.15) is 47.0 Å². The fourth-order valence-electron chi connectivity index (χ4n) is 2.69. The summed E-state index contributed by atoms with van der Waals surface area (Å²) in [4.78, 5) is 23.3. The minimum Gasteiger partial charge on any atom is -0.480 e. The zero-order valence-electron chi connectivity index (χ0n) is 13.0. The molecule has 0 aliphatic carbocycles. The molecule has 1 aliphatic heterocycles. The van der Waals surface area contributed by atoms with Crippen molar-refractivity contribution >= 4 is 11.9 Å². The predicted octanol–water partition coefficient (Wildman–Crippen LogP) is 1.63. The lowest BCUT2D eigenvalue weighted by atomic mass is 9.84. The number of amides is 1. The summed E-state index contributed by atoms with van der Waals surface area (Å²) in [7, 11) is 0. The van der Waals surface area contributed by atoms with Gasteiger partial charge in [-0.15, -0.1) is 0 Å². The van der Waals surface area contributed by atoms with E-state index < -0.39 is 17.4 Å². The van der Waals surface area contributed by atoms with E-state index in [0.29, 0.717) is 12.3 Å². The van der Waals surface area contributed by atoms with Gasteiger partial charge in [-0.2, -0.15) is 0 Å². The molecular formula is C15H28N2O3. The quantitative estimate of drug-likeness (QED) is 0.717. The first-order chi connectivity index (χ1) is 9.21. The fourth-order valence-corrected chi connectivity index (χ4v) is 2.69. The smallest absolute Gasteiger partial charge is 0.326 e. The van der Waals surface area contributed by atoms with E-state index in [-0.39, 0.29) is 11.8 Å². The first-order valence-electron chi connectivity index (χ1n) is 7.44. The van der Waals surface area contributed by atoms with E-state index in [1.54, 1.807) is 0 Å². The molecule has 0 aromatic rings. The molecule has 0 bridgehead atoms. The molecule has 116 valence electrons. The zero-order valence-corrected chi connectivity index (χ0v) is 13.0. The van der Waals surface area contributed by atoms with Gasteiger partial charge in [0.15, 0.2) is 0 Å². The van der Waals surface area contributed by atoms with Crippen LogP contribution in [0.25, 0.3) is 0 Å². The van der Waals surface area contributed by atoms with Crippen molar-refractivity contribution in [3.05, 3.63) is 0 Å². The van der Waals surface area contributed by atoms with Crippen LogP contribution in [-0.2, 0) is 9.59 Å². The largest absolute Gasteiger partial charge is 0.480 e. The maximum atomic E-state index is 12.1. The maximum Gasteiger partial charge on any atom is 0.326 e. The molecule has 0 spiro atoms. The number of carboxylic acid groups (broad SMARTS) is 1. The van der Waals surface area contributed by atoms with Gasteiger partial charge in [0.2, 0.25) is 5.91 Å². The number of hydrogen-bond acceptors (Lipinski definition) is 3. The molecule has 3 N–H and O–H groups in total. The Balaban J connectivity index is 2.50. The summed E-state index contributed by atoms with van der Waals surface area (Å²) in [5, 5.41) is 15.2. The molecule has 1 amide bonds. The van der Waals surface area contributed by atoms with E-state index in [0.717, 1.165) is 25.9 Å².